The minimum Gasteiger partial charge on any atom is -0.478 e. The van der Waals surface area contributed by atoms with Gasteiger partial charge in [-0.3, -0.25) is 0 Å². The van der Waals surface area contributed by atoms with E-state index < -0.39 is 5.97 Å². The molecule has 0 radical (unpaired) electrons. The molecule has 1 aromatic heterocycles. The quantitative estimate of drug-likeness (QED) is 0.906. The van der Waals surface area contributed by atoms with Crippen molar-refractivity contribution >= 4 is 23.5 Å². The van der Waals surface area contributed by atoms with Gasteiger partial charge in [-0.15, -0.1) is 0 Å². The average Bonchev–Trinajstić information content (AvgIpc) is 2.71. The Kier molecular flexibility index (Phi) is 4.38. The van der Waals surface area contributed by atoms with Crippen molar-refractivity contribution in [2.45, 2.75) is 25.0 Å². The van der Waals surface area contributed by atoms with E-state index in [0.29, 0.717) is 0 Å². The molecule has 3 rings (SSSR count). The second kappa shape index (κ2) is 6.44. The summed E-state index contributed by atoms with van der Waals surface area (Å²) < 4.78 is 1.86. The van der Waals surface area contributed by atoms with E-state index in [1.807, 2.05) is 10.7 Å². The van der Waals surface area contributed by atoms with Crippen LogP contribution in [0.25, 0.3) is 5.69 Å². The van der Waals surface area contributed by atoms with Crippen molar-refractivity contribution in [3.8, 4) is 5.69 Å². The van der Waals surface area contributed by atoms with Gasteiger partial charge in [-0.25, -0.2) is 9.48 Å². The Hall–Kier alpha value is -1.95. The van der Waals surface area contributed by atoms with Crippen LogP contribution in [0.1, 0.15) is 34.5 Å². The summed E-state index contributed by atoms with van der Waals surface area (Å²) in [7, 11) is 0. The maximum Gasteiger partial charge on any atom is 0.335 e. The molecular weight excluding hydrogens is 298 g/mol. The molecule has 1 aromatic carbocycles. The molecule has 0 atom stereocenters. The van der Waals surface area contributed by atoms with Crippen LogP contribution in [0, 0.1) is 0 Å². The zero-order valence-electron chi connectivity index (χ0n) is 12.5. The lowest BCUT2D eigenvalue weighted by Gasteiger charge is -2.09. The molecule has 0 amide bonds. The number of fused-ring (bicyclic) bond motifs is 1. The number of rotatable bonds is 4. The van der Waals surface area contributed by atoms with Crippen LogP contribution in [0.4, 0.5) is 5.82 Å². The first kappa shape index (κ1) is 15.0. The van der Waals surface area contributed by atoms with E-state index in [4.69, 9.17) is 5.10 Å². The molecule has 0 unspecified atom stereocenters. The fourth-order valence-electron chi connectivity index (χ4n) is 2.78. The SMILES string of the molecule is CSCc1nn(-c2cccc(C(=O)O)c2)c2c1CCCCN2. The van der Waals surface area contributed by atoms with Crippen molar-refractivity contribution in [1.29, 1.82) is 0 Å². The molecule has 0 aliphatic carbocycles. The topological polar surface area (TPSA) is 67.2 Å². The fourth-order valence-corrected chi connectivity index (χ4v) is 3.29. The molecule has 22 heavy (non-hydrogen) atoms. The Morgan fingerprint density at radius 1 is 1.45 bits per heavy atom. The predicted molar refractivity (Wildman–Crippen MR) is 89.2 cm³/mol. The van der Waals surface area contributed by atoms with E-state index in [1.54, 1.807) is 30.0 Å². The number of hydrogen-bond acceptors (Lipinski definition) is 4. The highest BCUT2D eigenvalue weighted by atomic mass is 32.2. The standard InChI is InChI=1S/C16H19N3O2S/c1-22-10-14-13-7-2-3-8-17-15(13)19(18-14)12-6-4-5-11(9-12)16(20)21/h4-6,9,17H,2-3,7-8,10H2,1H3,(H,20,21). The summed E-state index contributed by atoms with van der Waals surface area (Å²) in [5.41, 5.74) is 3.44. The van der Waals surface area contributed by atoms with E-state index in [2.05, 4.69) is 11.6 Å². The highest BCUT2D eigenvalue weighted by Gasteiger charge is 2.20. The number of aromatic carboxylic acids is 1. The molecule has 1 aliphatic rings. The molecule has 1 aliphatic heterocycles. The van der Waals surface area contributed by atoms with E-state index in [-0.39, 0.29) is 5.56 Å². The lowest BCUT2D eigenvalue weighted by molar-refractivity contribution is 0.0697. The third-order valence-corrected chi connectivity index (χ3v) is 4.39. The highest BCUT2D eigenvalue weighted by molar-refractivity contribution is 7.97. The molecule has 0 fully saturated rings. The van der Waals surface area contributed by atoms with Gasteiger partial charge in [-0.05, 0) is 43.7 Å². The van der Waals surface area contributed by atoms with Crippen LogP contribution in [0.2, 0.25) is 0 Å². The minimum atomic E-state index is -0.919. The number of carbonyl (C=O) groups is 1. The molecule has 0 bridgehead atoms. The first-order valence-corrected chi connectivity index (χ1v) is 8.77. The summed E-state index contributed by atoms with van der Waals surface area (Å²) in [5.74, 6) is 0.969. The maximum atomic E-state index is 11.2. The molecule has 116 valence electrons. The van der Waals surface area contributed by atoms with E-state index in [1.165, 1.54) is 5.56 Å². The van der Waals surface area contributed by atoms with Crippen LogP contribution in [-0.2, 0) is 12.2 Å². The summed E-state index contributed by atoms with van der Waals surface area (Å²) in [6, 6.07) is 6.93. The number of anilines is 1. The van der Waals surface area contributed by atoms with Crippen LogP contribution < -0.4 is 5.32 Å². The van der Waals surface area contributed by atoms with Crippen molar-refractivity contribution in [1.82, 2.24) is 9.78 Å². The van der Waals surface area contributed by atoms with Gasteiger partial charge in [0.1, 0.15) is 5.82 Å². The van der Waals surface area contributed by atoms with Gasteiger partial charge in [0, 0.05) is 17.9 Å². The number of benzene rings is 1. The predicted octanol–water partition coefficient (Wildman–Crippen LogP) is 3.18. The number of nitrogens with zero attached hydrogens (tertiary/aromatic N) is 2. The van der Waals surface area contributed by atoms with Crippen molar-refractivity contribution in [2.24, 2.45) is 0 Å². The number of hydrogen-bond donors (Lipinski definition) is 2. The van der Waals surface area contributed by atoms with Gasteiger partial charge in [0.15, 0.2) is 0 Å². The summed E-state index contributed by atoms with van der Waals surface area (Å²) in [5, 5.41) is 17.4. The van der Waals surface area contributed by atoms with Crippen molar-refractivity contribution in [2.75, 3.05) is 18.1 Å². The lowest BCUT2D eigenvalue weighted by Crippen LogP contribution is -2.08. The first-order valence-electron chi connectivity index (χ1n) is 7.38. The number of aromatic nitrogens is 2. The molecule has 2 aromatic rings. The van der Waals surface area contributed by atoms with Crippen LogP contribution in [0.5, 0.6) is 0 Å². The molecule has 2 heterocycles. The lowest BCUT2D eigenvalue weighted by atomic mass is 10.1. The summed E-state index contributed by atoms with van der Waals surface area (Å²) in [6.45, 7) is 0.927. The Morgan fingerprint density at radius 2 is 2.32 bits per heavy atom. The Bertz CT molecular complexity index is 697. The number of carboxylic acid groups (broad SMARTS) is 1. The van der Waals surface area contributed by atoms with E-state index in [0.717, 1.165) is 48.8 Å². The third kappa shape index (κ3) is 2.83. The third-order valence-electron chi connectivity index (χ3n) is 3.83. The average molecular weight is 317 g/mol. The first-order chi connectivity index (χ1) is 10.7. The Labute approximate surface area is 133 Å². The van der Waals surface area contributed by atoms with Gasteiger partial charge >= 0.3 is 5.97 Å². The Balaban J connectivity index is 2.10. The zero-order valence-corrected chi connectivity index (χ0v) is 13.3. The molecule has 5 nitrogen and oxygen atoms in total. The highest BCUT2D eigenvalue weighted by Crippen LogP contribution is 2.29. The normalized spacial score (nSPS) is 14.0. The van der Waals surface area contributed by atoms with Crippen LogP contribution in [0.15, 0.2) is 24.3 Å². The number of nitrogens with one attached hydrogen (secondary N) is 1. The van der Waals surface area contributed by atoms with Crippen LogP contribution in [0.3, 0.4) is 0 Å². The van der Waals surface area contributed by atoms with Gasteiger partial charge in [0.05, 0.1) is 16.9 Å². The van der Waals surface area contributed by atoms with Gasteiger partial charge in [0.2, 0.25) is 0 Å². The van der Waals surface area contributed by atoms with Crippen molar-refractivity contribution in [3.05, 3.63) is 41.1 Å². The van der Waals surface area contributed by atoms with Gasteiger partial charge in [0.25, 0.3) is 0 Å². The van der Waals surface area contributed by atoms with E-state index in [9.17, 15) is 9.90 Å². The molecular formula is C16H19N3O2S. The fraction of sp³-hybridized carbons (Fsp3) is 0.375. The molecule has 0 spiro atoms. The summed E-state index contributed by atoms with van der Waals surface area (Å²) >= 11 is 1.75. The largest absolute Gasteiger partial charge is 0.478 e. The second-order valence-electron chi connectivity index (χ2n) is 5.36. The maximum absolute atomic E-state index is 11.2. The monoisotopic (exact) mass is 317 g/mol. The summed E-state index contributed by atoms with van der Waals surface area (Å²) in [6.07, 6.45) is 5.39. The van der Waals surface area contributed by atoms with Crippen molar-refractivity contribution in [3.63, 3.8) is 0 Å². The molecule has 0 saturated carbocycles. The molecule has 2 N–H and O–H groups in total. The second-order valence-corrected chi connectivity index (χ2v) is 6.22. The minimum absolute atomic E-state index is 0.279. The van der Waals surface area contributed by atoms with Crippen LogP contribution in [-0.4, -0.2) is 33.7 Å². The Morgan fingerprint density at radius 3 is 3.09 bits per heavy atom. The van der Waals surface area contributed by atoms with E-state index >= 15 is 0 Å². The number of thioether (sulfide) groups is 1. The molecule has 0 saturated heterocycles. The zero-order chi connectivity index (χ0) is 15.5. The van der Waals surface area contributed by atoms with Gasteiger partial charge in [-0.1, -0.05) is 6.07 Å². The van der Waals surface area contributed by atoms with Crippen molar-refractivity contribution < 1.29 is 9.90 Å². The van der Waals surface area contributed by atoms with Crippen LogP contribution >= 0.6 is 11.8 Å². The number of carboxylic acids is 1. The molecule has 6 heteroatoms. The van der Waals surface area contributed by atoms with Gasteiger partial charge in [-0.2, -0.15) is 16.9 Å². The van der Waals surface area contributed by atoms with Gasteiger partial charge < -0.3 is 10.4 Å². The summed E-state index contributed by atoms with van der Waals surface area (Å²) in [4.78, 5) is 11.2. The smallest absolute Gasteiger partial charge is 0.335 e.